The second-order valence-electron chi connectivity index (χ2n) is 6.08. The molecular weight excluding hydrogens is 352 g/mol. The summed E-state index contributed by atoms with van der Waals surface area (Å²) in [6.07, 6.45) is 0. The zero-order valence-electron chi connectivity index (χ0n) is 15.3. The van der Waals surface area contributed by atoms with Gasteiger partial charge in [0.15, 0.2) is 0 Å². The smallest absolute Gasteiger partial charge is 0.293 e. The monoisotopic (exact) mass is 370 g/mol. The fraction of sp³-hybridized carbons (Fsp3) is 0.0435. The van der Waals surface area contributed by atoms with Gasteiger partial charge in [-0.05, 0) is 24.3 Å². The van der Waals surface area contributed by atoms with Gasteiger partial charge in [0.1, 0.15) is 11.4 Å². The van der Waals surface area contributed by atoms with Crippen molar-refractivity contribution in [3.05, 3.63) is 90.7 Å². The number of hydrogen-bond acceptors (Lipinski definition) is 4. The molecule has 0 spiro atoms. The summed E-state index contributed by atoms with van der Waals surface area (Å²) in [6.45, 7) is 0. The maximum Gasteiger partial charge on any atom is 0.293 e. The molecule has 0 aliphatic heterocycles. The van der Waals surface area contributed by atoms with Crippen LogP contribution in [0.25, 0.3) is 22.7 Å². The van der Waals surface area contributed by atoms with Crippen LogP contribution < -0.4 is 10.1 Å². The molecule has 3 aromatic carbocycles. The summed E-state index contributed by atoms with van der Waals surface area (Å²) < 4.78 is 11.2. The van der Waals surface area contributed by atoms with Gasteiger partial charge < -0.3 is 14.5 Å². The number of nitrogens with zero attached hydrogens (tertiary/aromatic N) is 1. The first-order chi connectivity index (χ1) is 13.8. The topological polar surface area (TPSA) is 64.4 Å². The largest absolute Gasteiger partial charge is 0.495 e. The molecular formula is C23H18N2O3. The molecule has 1 heterocycles. The van der Waals surface area contributed by atoms with E-state index in [4.69, 9.17) is 9.15 Å². The van der Waals surface area contributed by atoms with Gasteiger partial charge in [0.05, 0.1) is 12.8 Å². The van der Waals surface area contributed by atoms with Crippen LogP contribution in [0, 0.1) is 0 Å². The Balaban J connectivity index is 1.76. The molecule has 5 nitrogen and oxygen atoms in total. The van der Waals surface area contributed by atoms with E-state index >= 15 is 0 Å². The molecule has 4 rings (SSSR count). The number of para-hydroxylation sites is 2. The fourth-order valence-electron chi connectivity index (χ4n) is 2.90. The number of benzene rings is 3. The lowest BCUT2D eigenvalue weighted by atomic mass is 10.1. The van der Waals surface area contributed by atoms with Crippen LogP contribution in [-0.2, 0) is 0 Å². The van der Waals surface area contributed by atoms with E-state index in [0.29, 0.717) is 23.0 Å². The summed E-state index contributed by atoms with van der Waals surface area (Å²) in [7, 11) is 1.56. The van der Waals surface area contributed by atoms with Gasteiger partial charge in [0, 0.05) is 11.1 Å². The summed E-state index contributed by atoms with van der Waals surface area (Å²) in [5.41, 5.74) is 2.66. The van der Waals surface area contributed by atoms with Crippen LogP contribution >= 0.6 is 0 Å². The predicted molar refractivity (Wildman–Crippen MR) is 108 cm³/mol. The second kappa shape index (κ2) is 7.80. The Bertz CT molecular complexity index is 1090. The number of nitrogens with one attached hydrogen (secondary N) is 1. The SMILES string of the molecule is COc1ccccc1NC(=O)c1oc(-c2ccccc2)nc1-c1ccccc1. The van der Waals surface area contributed by atoms with Crippen molar-refractivity contribution >= 4 is 11.6 Å². The van der Waals surface area contributed by atoms with Crippen molar-refractivity contribution in [1.29, 1.82) is 0 Å². The molecule has 1 N–H and O–H groups in total. The summed E-state index contributed by atoms with van der Waals surface area (Å²) in [6, 6.07) is 26.2. The van der Waals surface area contributed by atoms with Gasteiger partial charge in [-0.1, -0.05) is 60.7 Å². The van der Waals surface area contributed by atoms with Crippen LogP contribution in [0.5, 0.6) is 5.75 Å². The minimum Gasteiger partial charge on any atom is -0.495 e. The number of rotatable bonds is 5. The Labute approximate surface area is 162 Å². The van der Waals surface area contributed by atoms with E-state index < -0.39 is 5.91 Å². The molecule has 0 unspecified atom stereocenters. The Hall–Kier alpha value is -3.86. The highest BCUT2D eigenvalue weighted by atomic mass is 16.5. The third-order valence-corrected chi connectivity index (χ3v) is 4.26. The molecule has 138 valence electrons. The standard InChI is InChI=1S/C23H18N2O3/c1-27-19-15-9-8-14-18(19)24-22(26)21-20(16-10-4-2-5-11-16)25-23(28-21)17-12-6-3-7-13-17/h2-15H,1H3,(H,24,26). The first kappa shape index (κ1) is 17.5. The van der Waals surface area contributed by atoms with Gasteiger partial charge in [0.2, 0.25) is 11.7 Å². The summed E-state index contributed by atoms with van der Waals surface area (Å²) in [5, 5.41) is 2.86. The molecule has 0 bridgehead atoms. The van der Waals surface area contributed by atoms with Gasteiger partial charge in [0.25, 0.3) is 5.91 Å². The predicted octanol–water partition coefficient (Wildman–Crippen LogP) is 5.27. The summed E-state index contributed by atoms with van der Waals surface area (Å²) >= 11 is 0. The highest BCUT2D eigenvalue weighted by Gasteiger charge is 2.23. The fourth-order valence-corrected chi connectivity index (χ4v) is 2.90. The Morgan fingerprint density at radius 2 is 1.46 bits per heavy atom. The van der Waals surface area contributed by atoms with Gasteiger partial charge in [-0.3, -0.25) is 4.79 Å². The van der Waals surface area contributed by atoms with Crippen molar-refractivity contribution in [3.8, 4) is 28.5 Å². The van der Waals surface area contributed by atoms with Crippen molar-refractivity contribution in [3.63, 3.8) is 0 Å². The van der Waals surface area contributed by atoms with E-state index in [1.165, 1.54) is 0 Å². The molecule has 0 aliphatic rings. The van der Waals surface area contributed by atoms with E-state index in [9.17, 15) is 4.79 Å². The number of carbonyl (C=O) groups is 1. The van der Waals surface area contributed by atoms with Crippen molar-refractivity contribution < 1.29 is 13.9 Å². The molecule has 1 amide bonds. The van der Waals surface area contributed by atoms with Crippen LogP contribution in [0.2, 0.25) is 0 Å². The van der Waals surface area contributed by atoms with Crippen molar-refractivity contribution in [2.24, 2.45) is 0 Å². The van der Waals surface area contributed by atoms with E-state index in [-0.39, 0.29) is 5.76 Å². The lowest BCUT2D eigenvalue weighted by Gasteiger charge is -2.09. The van der Waals surface area contributed by atoms with E-state index in [1.807, 2.05) is 72.8 Å². The molecule has 0 atom stereocenters. The van der Waals surface area contributed by atoms with Gasteiger partial charge in [-0.2, -0.15) is 0 Å². The minimum absolute atomic E-state index is 0.149. The zero-order valence-corrected chi connectivity index (χ0v) is 15.3. The lowest BCUT2D eigenvalue weighted by Crippen LogP contribution is -2.13. The molecule has 0 radical (unpaired) electrons. The van der Waals surface area contributed by atoms with Gasteiger partial charge >= 0.3 is 0 Å². The van der Waals surface area contributed by atoms with Crippen LogP contribution in [0.3, 0.4) is 0 Å². The van der Waals surface area contributed by atoms with E-state index in [0.717, 1.165) is 11.1 Å². The molecule has 0 saturated carbocycles. The average Bonchev–Trinajstić information content (AvgIpc) is 3.21. The summed E-state index contributed by atoms with van der Waals surface area (Å²) in [4.78, 5) is 17.6. The molecule has 1 aromatic heterocycles. The Morgan fingerprint density at radius 3 is 2.14 bits per heavy atom. The Kier molecular flexibility index (Phi) is 4.89. The van der Waals surface area contributed by atoms with Crippen molar-refractivity contribution in [1.82, 2.24) is 4.98 Å². The number of ether oxygens (including phenoxy) is 1. The van der Waals surface area contributed by atoms with Crippen molar-refractivity contribution in [2.45, 2.75) is 0 Å². The molecule has 28 heavy (non-hydrogen) atoms. The first-order valence-corrected chi connectivity index (χ1v) is 8.82. The van der Waals surface area contributed by atoms with Gasteiger partial charge in [-0.15, -0.1) is 0 Å². The van der Waals surface area contributed by atoms with Crippen LogP contribution in [0.15, 0.2) is 89.3 Å². The Morgan fingerprint density at radius 1 is 0.857 bits per heavy atom. The molecule has 0 saturated heterocycles. The van der Waals surface area contributed by atoms with Crippen LogP contribution in [-0.4, -0.2) is 18.0 Å². The normalized spacial score (nSPS) is 10.5. The van der Waals surface area contributed by atoms with E-state index in [2.05, 4.69) is 10.3 Å². The minimum atomic E-state index is -0.391. The number of anilines is 1. The number of amides is 1. The lowest BCUT2D eigenvalue weighted by molar-refractivity contribution is 0.0998. The number of methoxy groups -OCH3 is 1. The molecule has 0 aliphatic carbocycles. The third kappa shape index (κ3) is 3.50. The number of oxazole rings is 1. The van der Waals surface area contributed by atoms with E-state index in [1.54, 1.807) is 19.2 Å². The molecule has 4 aromatic rings. The highest BCUT2D eigenvalue weighted by molar-refractivity contribution is 6.07. The number of carbonyl (C=O) groups excluding carboxylic acids is 1. The number of hydrogen-bond donors (Lipinski definition) is 1. The molecule has 0 fully saturated rings. The average molecular weight is 370 g/mol. The van der Waals surface area contributed by atoms with Crippen LogP contribution in [0.1, 0.15) is 10.6 Å². The van der Waals surface area contributed by atoms with Gasteiger partial charge in [-0.25, -0.2) is 4.98 Å². The summed E-state index contributed by atoms with van der Waals surface area (Å²) in [5.74, 6) is 0.721. The second-order valence-corrected chi connectivity index (χ2v) is 6.08. The highest BCUT2D eigenvalue weighted by Crippen LogP contribution is 2.31. The third-order valence-electron chi connectivity index (χ3n) is 4.26. The maximum atomic E-state index is 13.0. The number of aromatic nitrogens is 1. The molecule has 5 heteroatoms. The first-order valence-electron chi connectivity index (χ1n) is 8.82. The maximum absolute atomic E-state index is 13.0. The zero-order chi connectivity index (χ0) is 19.3. The van der Waals surface area contributed by atoms with Crippen molar-refractivity contribution in [2.75, 3.05) is 12.4 Å². The quantitative estimate of drug-likeness (QED) is 0.520. The van der Waals surface area contributed by atoms with Crippen LogP contribution in [0.4, 0.5) is 5.69 Å².